The van der Waals surface area contributed by atoms with Crippen molar-refractivity contribution in [2.45, 2.75) is 51.0 Å². The van der Waals surface area contributed by atoms with Gasteiger partial charge in [-0.05, 0) is 12.3 Å². The van der Waals surface area contributed by atoms with Crippen LogP contribution in [0.3, 0.4) is 0 Å². The SMILES string of the molecule is CCCNc1cc(SC(C)C(C)C)nc(COC)n1. The molecule has 1 aromatic rings. The van der Waals surface area contributed by atoms with Gasteiger partial charge in [-0.15, -0.1) is 11.8 Å². The summed E-state index contributed by atoms with van der Waals surface area (Å²) >= 11 is 1.79. The highest BCUT2D eigenvalue weighted by Crippen LogP contribution is 2.27. The second-order valence-corrected chi connectivity index (χ2v) is 6.33. The van der Waals surface area contributed by atoms with Crippen LogP contribution in [-0.4, -0.2) is 28.9 Å². The van der Waals surface area contributed by atoms with Gasteiger partial charge in [0.15, 0.2) is 5.82 Å². The van der Waals surface area contributed by atoms with Crippen molar-refractivity contribution in [3.63, 3.8) is 0 Å². The smallest absolute Gasteiger partial charge is 0.157 e. The second kappa shape index (κ2) is 8.38. The van der Waals surface area contributed by atoms with Gasteiger partial charge in [0.1, 0.15) is 17.5 Å². The second-order valence-electron chi connectivity index (χ2n) is 4.93. The number of ether oxygens (including phenoxy) is 1. The van der Waals surface area contributed by atoms with Crippen LogP contribution >= 0.6 is 11.8 Å². The van der Waals surface area contributed by atoms with Crippen molar-refractivity contribution < 1.29 is 4.74 Å². The molecular weight excluding hydrogens is 258 g/mol. The fourth-order valence-electron chi connectivity index (χ4n) is 1.40. The van der Waals surface area contributed by atoms with E-state index in [0.717, 1.165) is 29.6 Å². The maximum Gasteiger partial charge on any atom is 0.157 e. The number of anilines is 1. The summed E-state index contributed by atoms with van der Waals surface area (Å²) in [7, 11) is 1.67. The molecule has 0 fully saturated rings. The van der Waals surface area contributed by atoms with Crippen molar-refractivity contribution >= 4 is 17.6 Å². The van der Waals surface area contributed by atoms with Crippen LogP contribution in [-0.2, 0) is 11.3 Å². The van der Waals surface area contributed by atoms with E-state index >= 15 is 0 Å². The maximum atomic E-state index is 5.13. The first-order valence-electron chi connectivity index (χ1n) is 6.84. The third kappa shape index (κ3) is 5.78. The molecule has 0 amide bonds. The van der Waals surface area contributed by atoms with Gasteiger partial charge in [-0.2, -0.15) is 0 Å². The topological polar surface area (TPSA) is 47.0 Å². The van der Waals surface area contributed by atoms with Crippen LogP contribution in [0.5, 0.6) is 0 Å². The molecule has 1 heterocycles. The fraction of sp³-hybridized carbons (Fsp3) is 0.714. The van der Waals surface area contributed by atoms with Gasteiger partial charge >= 0.3 is 0 Å². The molecule has 0 saturated heterocycles. The Balaban J connectivity index is 2.85. The van der Waals surface area contributed by atoms with E-state index in [1.165, 1.54) is 0 Å². The summed E-state index contributed by atoms with van der Waals surface area (Å²) in [4.78, 5) is 8.99. The number of aromatic nitrogens is 2. The lowest BCUT2D eigenvalue weighted by Crippen LogP contribution is -2.09. The number of nitrogens with one attached hydrogen (secondary N) is 1. The molecule has 1 rings (SSSR count). The van der Waals surface area contributed by atoms with Crippen LogP contribution < -0.4 is 5.32 Å². The molecule has 0 spiro atoms. The van der Waals surface area contributed by atoms with E-state index in [1.54, 1.807) is 18.9 Å². The summed E-state index contributed by atoms with van der Waals surface area (Å²) in [6, 6.07) is 2.03. The van der Waals surface area contributed by atoms with Crippen LogP contribution in [0.15, 0.2) is 11.1 Å². The van der Waals surface area contributed by atoms with Gasteiger partial charge < -0.3 is 10.1 Å². The summed E-state index contributed by atoms with van der Waals surface area (Å²) in [6.07, 6.45) is 1.08. The Morgan fingerprint density at radius 2 is 2.05 bits per heavy atom. The summed E-state index contributed by atoms with van der Waals surface area (Å²) < 4.78 is 5.13. The molecule has 108 valence electrons. The molecule has 0 radical (unpaired) electrons. The van der Waals surface area contributed by atoms with Gasteiger partial charge in [-0.25, -0.2) is 9.97 Å². The quantitative estimate of drug-likeness (QED) is 0.583. The highest BCUT2D eigenvalue weighted by molar-refractivity contribution is 7.99. The van der Waals surface area contributed by atoms with E-state index in [1.807, 2.05) is 6.07 Å². The normalized spacial score (nSPS) is 12.7. The van der Waals surface area contributed by atoms with Crippen molar-refractivity contribution in [1.82, 2.24) is 9.97 Å². The molecule has 0 saturated carbocycles. The molecule has 5 heteroatoms. The van der Waals surface area contributed by atoms with Gasteiger partial charge in [-0.3, -0.25) is 0 Å². The van der Waals surface area contributed by atoms with E-state index < -0.39 is 0 Å². The van der Waals surface area contributed by atoms with E-state index in [2.05, 4.69) is 43.0 Å². The van der Waals surface area contributed by atoms with Gasteiger partial charge in [0.2, 0.25) is 0 Å². The first-order valence-corrected chi connectivity index (χ1v) is 7.72. The Bertz CT molecular complexity index is 385. The van der Waals surface area contributed by atoms with Crippen molar-refractivity contribution in [1.29, 1.82) is 0 Å². The molecule has 1 atom stereocenters. The molecule has 0 aliphatic carbocycles. The first kappa shape index (κ1) is 16.2. The van der Waals surface area contributed by atoms with E-state index in [4.69, 9.17) is 4.74 Å². The number of hydrogen-bond donors (Lipinski definition) is 1. The minimum absolute atomic E-state index is 0.450. The first-order chi connectivity index (χ1) is 9.06. The van der Waals surface area contributed by atoms with Crippen LogP contribution in [0.4, 0.5) is 5.82 Å². The van der Waals surface area contributed by atoms with Crippen molar-refractivity contribution in [3.05, 3.63) is 11.9 Å². The maximum absolute atomic E-state index is 5.13. The van der Waals surface area contributed by atoms with E-state index in [9.17, 15) is 0 Å². The average Bonchev–Trinajstić information content (AvgIpc) is 2.36. The van der Waals surface area contributed by atoms with E-state index in [0.29, 0.717) is 17.8 Å². The lowest BCUT2D eigenvalue weighted by atomic mass is 10.2. The Kier molecular flexibility index (Phi) is 7.16. The van der Waals surface area contributed by atoms with Crippen molar-refractivity contribution in [2.75, 3.05) is 19.0 Å². The monoisotopic (exact) mass is 283 g/mol. The lowest BCUT2D eigenvalue weighted by Gasteiger charge is -2.15. The number of rotatable bonds is 8. The van der Waals surface area contributed by atoms with Crippen LogP contribution in [0.1, 0.15) is 39.9 Å². The highest BCUT2D eigenvalue weighted by Gasteiger charge is 2.12. The average molecular weight is 283 g/mol. The van der Waals surface area contributed by atoms with Gasteiger partial charge in [0.25, 0.3) is 0 Å². The number of nitrogens with zero attached hydrogens (tertiary/aromatic N) is 2. The molecule has 0 aliphatic rings. The molecule has 1 N–H and O–H groups in total. The van der Waals surface area contributed by atoms with Crippen molar-refractivity contribution in [2.24, 2.45) is 5.92 Å². The molecule has 0 aromatic carbocycles. The molecule has 0 bridgehead atoms. The Hall–Kier alpha value is -0.810. The number of thioether (sulfide) groups is 1. The highest BCUT2D eigenvalue weighted by atomic mass is 32.2. The van der Waals surface area contributed by atoms with Gasteiger partial charge in [-0.1, -0.05) is 27.7 Å². The summed E-state index contributed by atoms with van der Waals surface area (Å²) in [6.45, 7) is 10.2. The molecule has 4 nitrogen and oxygen atoms in total. The zero-order valence-corrected chi connectivity index (χ0v) is 13.4. The Morgan fingerprint density at radius 1 is 1.32 bits per heavy atom. The third-order valence-electron chi connectivity index (χ3n) is 2.82. The predicted molar refractivity (Wildman–Crippen MR) is 81.7 cm³/mol. The predicted octanol–water partition coefficient (Wildman–Crippen LogP) is 3.58. The van der Waals surface area contributed by atoms with Gasteiger partial charge in [0.05, 0.1) is 0 Å². The van der Waals surface area contributed by atoms with Crippen molar-refractivity contribution in [3.8, 4) is 0 Å². The zero-order chi connectivity index (χ0) is 14.3. The third-order valence-corrected chi connectivity index (χ3v) is 4.19. The van der Waals surface area contributed by atoms with E-state index in [-0.39, 0.29) is 0 Å². The standard InChI is InChI=1S/C14H25N3OS/c1-6-7-15-12-8-14(19-11(4)10(2)3)17-13(16-12)9-18-5/h8,10-11H,6-7,9H2,1-5H3,(H,15,16,17). The minimum Gasteiger partial charge on any atom is -0.377 e. The van der Waals surface area contributed by atoms with Crippen LogP contribution in [0.2, 0.25) is 0 Å². The molecule has 0 aliphatic heterocycles. The van der Waals surface area contributed by atoms with Gasteiger partial charge in [0, 0.05) is 25.0 Å². The minimum atomic E-state index is 0.450. The number of hydrogen-bond acceptors (Lipinski definition) is 5. The van der Waals surface area contributed by atoms with Crippen LogP contribution in [0, 0.1) is 5.92 Å². The summed E-state index contributed by atoms with van der Waals surface area (Å²) in [5, 5.41) is 4.86. The largest absolute Gasteiger partial charge is 0.377 e. The fourth-order valence-corrected chi connectivity index (χ4v) is 2.39. The number of methoxy groups -OCH3 is 1. The molecule has 19 heavy (non-hydrogen) atoms. The summed E-state index contributed by atoms with van der Waals surface area (Å²) in [5.74, 6) is 2.25. The summed E-state index contributed by atoms with van der Waals surface area (Å²) in [5.41, 5.74) is 0. The Labute approximate surface area is 120 Å². The molecule has 1 aromatic heterocycles. The Morgan fingerprint density at radius 3 is 2.63 bits per heavy atom. The molecule has 1 unspecified atom stereocenters. The lowest BCUT2D eigenvalue weighted by molar-refractivity contribution is 0.177. The molecular formula is C14H25N3OS. The van der Waals surface area contributed by atoms with Crippen LogP contribution in [0.25, 0.3) is 0 Å². The zero-order valence-electron chi connectivity index (χ0n) is 12.6.